The van der Waals surface area contributed by atoms with Gasteiger partial charge in [0, 0.05) is 29.8 Å². The van der Waals surface area contributed by atoms with Gasteiger partial charge in [-0.1, -0.05) is 17.7 Å². The van der Waals surface area contributed by atoms with Crippen molar-refractivity contribution in [1.29, 1.82) is 0 Å². The van der Waals surface area contributed by atoms with Gasteiger partial charge in [-0.3, -0.25) is 0 Å². The van der Waals surface area contributed by atoms with Gasteiger partial charge in [0.05, 0.1) is 0 Å². The molecule has 0 radical (unpaired) electrons. The highest BCUT2D eigenvalue weighted by molar-refractivity contribution is 6.61. The van der Waals surface area contributed by atoms with Crippen LogP contribution in [0, 0.1) is 0 Å². The third kappa shape index (κ3) is 1.39. The molecule has 1 aliphatic rings. The van der Waals surface area contributed by atoms with E-state index >= 15 is 0 Å². The number of hydrogen-bond donors (Lipinski definition) is 2. The highest BCUT2D eigenvalue weighted by Crippen LogP contribution is 2.30. The highest BCUT2D eigenvalue weighted by atomic mass is 35.5. The van der Waals surface area contributed by atoms with Crippen molar-refractivity contribution in [3.63, 3.8) is 0 Å². The van der Waals surface area contributed by atoms with Crippen LogP contribution in [0.15, 0.2) is 12.1 Å². The van der Waals surface area contributed by atoms with Crippen molar-refractivity contribution in [2.24, 2.45) is 0 Å². The fourth-order valence-corrected chi connectivity index (χ4v) is 2.17. The maximum absolute atomic E-state index is 9.18. The molecular formula is C9H11BClNO2. The summed E-state index contributed by atoms with van der Waals surface area (Å²) in [4.78, 5) is 2.00. The molecule has 0 fully saturated rings. The molecule has 14 heavy (non-hydrogen) atoms. The molecule has 1 aromatic rings. The molecule has 0 aromatic heterocycles. The first-order valence-corrected chi connectivity index (χ1v) is 4.87. The second kappa shape index (κ2) is 3.46. The van der Waals surface area contributed by atoms with E-state index in [1.54, 1.807) is 12.1 Å². The summed E-state index contributed by atoms with van der Waals surface area (Å²) in [7, 11) is 0.496. The standard InChI is InChI=1S/C9H11BClNO2/c1-12-5-4-6-8(11)3-2-7(9(6)12)10(13)14/h2-3,13-14H,4-5H2,1H3. The third-order valence-electron chi connectivity index (χ3n) is 2.61. The van der Waals surface area contributed by atoms with E-state index in [0.717, 1.165) is 24.2 Å². The van der Waals surface area contributed by atoms with Crippen LogP contribution in [0.5, 0.6) is 0 Å². The molecule has 74 valence electrons. The largest absolute Gasteiger partial charge is 0.490 e. The molecule has 0 saturated carbocycles. The van der Waals surface area contributed by atoms with Gasteiger partial charge in [-0.15, -0.1) is 0 Å². The minimum absolute atomic E-state index is 0.532. The quantitative estimate of drug-likeness (QED) is 0.643. The Labute approximate surface area is 88.1 Å². The lowest BCUT2D eigenvalue weighted by Crippen LogP contribution is -2.34. The molecule has 2 N–H and O–H groups in total. The van der Waals surface area contributed by atoms with Crippen molar-refractivity contribution in [3.8, 4) is 0 Å². The zero-order valence-corrected chi connectivity index (χ0v) is 8.62. The molecule has 0 bridgehead atoms. The molecule has 0 aliphatic carbocycles. The Balaban J connectivity index is 2.60. The molecule has 0 spiro atoms. The summed E-state index contributed by atoms with van der Waals surface area (Å²) >= 11 is 6.02. The lowest BCUT2D eigenvalue weighted by atomic mass is 9.78. The SMILES string of the molecule is CN1CCc2c(Cl)ccc(B(O)O)c21. The topological polar surface area (TPSA) is 43.7 Å². The summed E-state index contributed by atoms with van der Waals surface area (Å²) in [6.07, 6.45) is 0.866. The molecule has 0 amide bonds. The Morgan fingerprint density at radius 2 is 2.14 bits per heavy atom. The molecule has 3 nitrogen and oxygen atoms in total. The number of fused-ring (bicyclic) bond motifs is 1. The van der Waals surface area contributed by atoms with Gasteiger partial charge >= 0.3 is 7.12 Å². The normalized spacial score (nSPS) is 14.4. The predicted molar refractivity (Wildman–Crippen MR) is 58.3 cm³/mol. The zero-order chi connectivity index (χ0) is 10.3. The van der Waals surface area contributed by atoms with E-state index in [0.29, 0.717) is 10.5 Å². The molecular weight excluding hydrogens is 200 g/mol. The monoisotopic (exact) mass is 211 g/mol. The number of nitrogens with zero attached hydrogens (tertiary/aromatic N) is 1. The number of likely N-dealkylation sites (N-methyl/N-ethyl adjacent to an activating group) is 1. The van der Waals surface area contributed by atoms with E-state index in [9.17, 15) is 10.0 Å². The summed E-state index contributed by atoms with van der Waals surface area (Å²) in [5.74, 6) is 0. The summed E-state index contributed by atoms with van der Waals surface area (Å²) in [6, 6.07) is 3.38. The van der Waals surface area contributed by atoms with Crippen molar-refractivity contribution in [3.05, 3.63) is 22.7 Å². The predicted octanol–water partition coefficient (Wildman–Crippen LogP) is 0.0121. The minimum Gasteiger partial charge on any atom is -0.423 e. The van der Waals surface area contributed by atoms with Gasteiger partial charge in [0.2, 0.25) is 0 Å². The van der Waals surface area contributed by atoms with Crippen molar-refractivity contribution >= 4 is 29.9 Å². The number of benzene rings is 1. The van der Waals surface area contributed by atoms with Crippen LogP contribution in [-0.4, -0.2) is 30.8 Å². The van der Waals surface area contributed by atoms with Gasteiger partial charge in [0.15, 0.2) is 0 Å². The molecule has 2 rings (SSSR count). The zero-order valence-electron chi connectivity index (χ0n) is 7.87. The Morgan fingerprint density at radius 3 is 2.79 bits per heavy atom. The molecule has 1 aliphatic heterocycles. The van der Waals surface area contributed by atoms with Crippen LogP contribution in [0.4, 0.5) is 5.69 Å². The molecule has 5 heteroatoms. The molecule has 0 saturated heterocycles. The second-order valence-electron chi connectivity index (χ2n) is 3.51. The summed E-state index contributed by atoms with van der Waals surface area (Å²) < 4.78 is 0. The maximum Gasteiger partial charge on any atom is 0.490 e. The molecule has 1 heterocycles. The summed E-state index contributed by atoms with van der Waals surface area (Å²) in [6.45, 7) is 0.874. The summed E-state index contributed by atoms with van der Waals surface area (Å²) in [5.41, 5.74) is 2.41. The minimum atomic E-state index is -1.43. The first-order chi connectivity index (χ1) is 6.61. The summed E-state index contributed by atoms with van der Waals surface area (Å²) in [5, 5.41) is 19.1. The smallest absolute Gasteiger partial charge is 0.423 e. The van der Waals surface area contributed by atoms with Crippen molar-refractivity contribution < 1.29 is 10.0 Å². The first-order valence-electron chi connectivity index (χ1n) is 4.50. The Kier molecular flexibility index (Phi) is 2.43. The fourth-order valence-electron chi connectivity index (χ4n) is 1.92. The van der Waals surface area contributed by atoms with E-state index in [2.05, 4.69) is 0 Å². The highest BCUT2D eigenvalue weighted by Gasteiger charge is 2.26. The number of anilines is 1. The van der Waals surface area contributed by atoms with Gasteiger partial charge in [-0.25, -0.2) is 0 Å². The lowest BCUT2D eigenvalue weighted by molar-refractivity contribution is 0.426. The van der Waals surface area contributed by atoms with Crippen LogP contribution < -0.4 is 10.4 Å². The van der Waals surface area contributed by atoms with Gasteiger partial charge < -0.3 is 14.9 Å². The van der Waals surface area contributed by atoms with Crippen LogP contribution in [0.2, 0.25) is 5.02 Å². The Hall–Kier alpha value is -0.705. The van der Waals surface area contributed by atoms with Crippen LogP contribution in [0.1, 0.15) is 5.56 Å². The van der Waals surface area contributed by atoms with Crippen LogP contribution in [-0.2, 0) is 6.42 Å². The third-order valence-corrected chi connectivity index (χ3v) is 2.97. The van der Waals surface area contributed by atoms with Crippen LogP contribution in [0.3, 0.4) is 0 Å². The molecule has 1 aromatic carbocycles. The van der Waals surface area contributed by atoms with Crippen LogP contribution >= 0.6 is 11.6 Å². The van der Waals surface area contributed by atoms with Crippen molar-refractivity contribution in [1.82, 2.24) is 0 Å². The van der Waals surface area contributed by atoms with Gasteiger partial charge in [-0.2, -0.15) is 0 Å². The maximum atomic E-state index is 9.18. The average molecular weight is 211 g/mol. The Morgan fingerprint density at radius 1 is 1.43 bits per heavy atom. The lowest BCUT2D eigenvalue weighted by Gasteiger charge is -2.16. The van der Waals surface area contributed by atoms with Crippen LogP contribution in [0.25, 0.3) is 0 Å². The van der Waals surface area contributed by atoms with Crippen molar-refractivity contribution in [2.45, 2.75) is 6.42 Å². The molecule has 0 atom stereocenters. The van der Waals surface area contributed by atoms with E-state index in [-0.39, 0.29) is 0 Å². The fraction of sp³-hybridized carbons (Fsp3) is 0.333. The van der Waals surface area contributed by atoms with E-state index in [1.807, 2.05) is 11.9 Å². The average Bonchev–Trinajstić information content (AvgIpc) is 2.50. The second-order valence-corrected chi connectivity index (χ2v) is 3.92. The van der Waals surface area contributed by atoms with E-state index < -0.39 is 7.12 Å². The number of rotatable bonds is 1. The Bertz CT molecular complexity index is 370. The van der Waals surface area contributed by atoms with E-state index in [4.69, 9.17) is 11.6 Å². The molecule has 0 unspecified atom stereocenters. The number of halogens is 1. The van der Waals surface area contributed by atoms with Gasteiger partial charge in [0.25, 0.3) is 0 Å². The van der Waals surface area contributed by atoms with Crippen molar-refractivity contribution in [2.75, 3.05) is 18.5 Å². The van der Waals surface area contributed by atoms with Gasteiger partial charge in [0.1, 0.15) is 0 Å². The first kappa shape index (κ1) is 9.83. The van der Waals surface area contributed by atoms with Gasteiger partial charge in [-0.05, 0) is 18.1 Å². The number of hydrogen-bond acceptors (Lipinski definition) is 3. The van der Waals surface area contributed by atoms with E-state index in [1.165, 1.54) is 0 Å².